The van der Waals surface area contributed by atoms with Gasteiger partial charge in [0, 0.05) is 13.1 Å². The van der Waals surface area contributed by atoms with Crippen LogP contribution in [0.3, 0.4) is 0 Å². The SMILES string of the molecule is Cl.NC1(c2cccc(Cl)c2C(F)(F)F)CNC1. The van der Waals surface area contributed by atoms with Gasteiger partial charge in [0.15, 0.2) is 0 Å². The maximum Gasteiger partial charge on any atom is 0.418 e. The van der Waals surface area contributed by atoms with Gasteiger partial charge < -0.3 is 11.1 Å². The molecule has 1 heterocycles. The van der Waals surface area contributed by atoms with E-state index in [0.29, 0.717) is 13.1 Å². The summed E-state index contributed by atoms with van der Waals surface area (Å²) in [5, 5.41) is 2.56. The van der Waals surface area contributed by atoms with E-state index in [-0.39, 0.29) is 23.0 Å². The predicted octanol–water partition coefficient (Wildman–Crippen LogP) is 2.54. The number of hydrogen-bond donors (Lipinski definition) is 2. The minimum Gasteiger partial charge on any atom is -0.319 e. The Bertz CT molecular complexity index is 417. The Morgan fingerprint density at radius 2 is 1.88 bits per heavy atom. The molecule has 0 bridgehead atoms. The first-order valence-electron chi connectivity index (χ1n) is 4.70. The molecule has 0 aromatic heterocycles. The summed E-state index contributed by atoms with van der Waals surface area (Å²) in [6.45, 7) is 0.660. The molecule has 3 N–H and O–H groups in total. The fourth-order valence-corrected chi connectivity index (χ4v) is 2.09. The van der Waals surface area contributed by atoms with Crippen LogP contribution in [-0.4, -0.2) is 13.1 Å². The average Bonchev–Trinajstić information content (AvgIpc) is 2.11. The van der Waals surface area contributed by atoms with Crippen LogP contribution in [0.15, 0.2) is 18.2 Å². The highest BCUT2D eigenvalue weighted by Crippen LogP contribution is 2.41. The number of hydrogen-bond acceptors (Lipinski definition) is 2. The lowest BCUT2D eigenvalue weighted by atomic mass is 9.82. The lowest BCUT2D eigenvalue weighted by Gasteiger charge is -2.41. The summed E-state index contributed by atoms with van der Waals surface area (Å²) in [5.41, 5.74) is 4.15. The van der Waals surface area contributed by atoms with Crippen molar-refractivity contribution < 1.29 is 13.2 Å². The fraction of sp³-hybridized carbons (Fsp3) is 0.400. The van der Waals surface area contributed by atoms with Gasteiger partial charge in [0.1, 0.15) is 0 Å². The maximum absolute atomic E-state index is 12.8. The number of nitrogens with two attached hydrogens (primary N) is 1. The molecule has 7 heteroatoms. The van der Waals surface area contributed by atoms with Crippen molar-refractivity contribution in [2.75, 3.05) is 13.1 Å². The molecule has 1 aliphatic rings. The molecule has 0 atom stereocenters. The molecule has 17 heavy (non-hydrogen) atoms. The Morgan fingerprint density at radius 1 is 1.29 bits per heavy atom. The third-order valence-electron chi connectivity index (χ3n) is 2.71. The van der Waals surface area contributed by atoms with Gasteiger partial charge in [-0.25, -0.2) is 0 Å². The molecule has 1 aromatic carbocycles. The number of halogens is 5. The van der Waals surface area contributed by atoms with E-state index in [1.807, 2.05) is 0 Å². The van der Waals surface area contributed by atoms with Crippen LogP contribution in [0, 0.1) is 0 Å². The fourth-order valence-electron chi connectivity index (χ4n) is 1.81. The van der Waals surface area contributed by atoms with E-state index in [1.54, 1.807) is 0 Å². The molecule has 1 aromatic rings. The van der Waals surface area contributed by atoms with Gasteiger partial charge in [-0.15, -0.1) is 12.4 Å². The van der Waals surface area contributed by atoms with Crippen LogP contribution in [0.2, 0.25) is 5.02 Å². The highest BCUT2D eigenvalue weighted by molar-refractivity contribution is 6.31. The summed E-state index contributed by atoms with van der Waals surface area (Å²) in [4.78, 5) is 0. The lowest BCUT2D eigenvalue weighted by Crippen LogP contribution is -2.63. The van der Waals surface area contributed by atoms with Gasteiger partial charge in [-0.05, 0) is 11.6 Å². The molecule has 1 aliphatic heterocycles. The van der Waals surface area contributed by atoms with E-state index in [2.05, 4.69) is 5.32 Å². The maximum atomic E-state index is 12.8. The number of alkyl halides is 3. The zero-order valence-electron chi connectivity index (χ0n) is 8.64. The van der Waals surface area contributed by atoms with E-state index in [1.165, 1.54) is 18.2 Å². The van der Waals surface area contributed by atoms with Crippen molar-refractivity contribution in [1.82, 2.24) is 5.32 Å². The van der Waals surface area contributed by atoms with Gasteiger partial charge in [0.05, 0.1) is 16.1 Å². The van der Waals surface area contributed by atoms with Gasteiger partial charge in [-0.3, -0.25) is 0 Å². The Kier molecular flexibility index (Phi) is 3.98. The van der Waals surface area contributed by atoms with Crippen LogP contribution in [0.25, 0.3) is 0 Å². The first kappa shape index (κ1) is 14.6. The van der Waals surface area contributed by atoms with Crippen LogP contribution >= 0.6 is 24.0 Å². The van der Waals surface area contributed by atoms with E-state index in [9.17, 15) is 13.2 Å². The first-order valence-corrected chi connectivity index (χ1v) is 5.08. The first-order chi connectivity index (χ1) is 7.34. The van der Waals surface area contributed by atoms with Gasteiger partial charge in [-0.1, -0.05) is 23.7 Å². The smallest absolute Gasteiger partial charge is 0.319 e. The van der Waals surface area contributed by atoms with Gasteiger partial charge in [0.2, 0.25) is 0 Å². The topological polar surface area (TPSA) is 38.0 Å². The van der Waals surface area contributed by atoms with Gasteiger partial charge >= 0.3 is 6.18 Å². The zero-order chi connectivity index (χ0) is 12.0. The molecular weight excluding hydrogens is 276 g/mol. The summed E-state index contributed by atoms with van der Waals surface area (Å²) in [5.74, 6) is 0. The second-order valence-electron chi connectivity index (χ2n) is 3.92. The second kappa shape index (κ2) is 4.65. The summed E-state index contributed by atoms with van der Waals surface area (Å²) in [7, 11) is 0. The van der Waals surface area contributed by atoms with Crippen LogP contribution in [0.1, 0.15) is 11.1 Å². The Morgan fingerprint density at radius 3 is 2.29 bits per heavy atom. The van der Waals surface area contributed by atoms with Crippen molar-refractivity contribution in [2.45, 2.75) is 11.7 Å². The largest absolute Gasteiger partial charge is 0.418 e. The molecule has 0 saturated carbocycles. The van der Waals surface area contributed by atoms with Crippen LogP contribution in [0.4, 0.5) is 13.2 Å². The second-order valence-corrected chi connectivity index (χ2v) is 4.33. The van der Waals surface area contributed by atoms with Crippen molar-refractivity contribution >= 4 is 24.0 Å². The van der Waals surface area contributed by atoms with Crippen LogP contribution in [-0.2, 0) is 11.7 Å². The van der Waals surface area contributed by atoms with Crippen LogP contribution in [0.5, 0.6) is 0 Å². The standard InChI is InChI=1S/C10H10ClF3N2.ClH/c11-7-3-1-2-6(8(7)10(12,13)14)9(15)4-16-5-9;/h1-3,16H,4-5,15H2;1H. The average molecular weight is 287 g/mol. The van der Waals surface area contributed by atoms with Crippen LogP contribution < -0.4 is 11.1 Å². The molecule has 2 nitrogen and oxygen atoms in total. The summed E-state index contributed by atoms with van der Waals surface area (Å²) < 4.78 is 38.5. The number of benzene rings is 1. The van der Waals surface area contributed by atoms with Gasteiger partial charge in [-0.2, -0.15) is 13.2 Å². The Labute approximate surface area is 108 Å². The molecule has 0 radical (unpaired) electrons. The Hall–Kier alpha value is -0.490. The van der Waals surface area contributed by atoms with E-state index >= 15 is 0 Å². The summed E-state index contributed by atoms with van der Waals surface area (Å²) in [6.07, 6.45) is -4.48. The lowest BCUT2D eigenvalue weighted by molar-refractivity contribution is -0.138. The monoisotopic (exact) mass is 286 g/mol. The highest BCUT2D eigenvalue weighted by Gasteiger charge is 2.44. The van der Waals surface area contributed by atoms with Crippen molar-refractivity contribution in [1.29, 1.82) is 0 Å². The molecule has 0 aliphatic carbocycles. The normalized spacial score (nSPS) is 18.2. The highest BCUT2D eigenvalue weighted by atomic mass is 35.5. The van der Waals surface area contributed by atoms with Crippen molar-refractivity contribution in [3.63, 3.8) is 0 Å². The number of rotatable bonds is 1. The van der Waals surface area contributed by atoms with E-state index in [0.717, 1.165) is 0 Å². The summed E-state index contributed by atoms with van der Waals surface area (Å²) in [6, 6.07) is 4.10. The zero-order valence-corrected chi connectivity index (χ0v) is 10.2. The Balaban J connectivity index is 0.00000144. The van der Waals surface area contributed by atoms with Crippen molar-refractivity contribution in [3.05, 3.63) is 34.3 Å². The molecule has 0 amide bonds. The molecule has 0 spiro atoms. The molecule has 0 unspecified atom stereocenters. The molecule has 96 valence electrons. The minimum atomic E-state index is -4.48. The predicted molar refractivity (Wildman–Crippen MR) is 62.4 cm³/mol. The third kappa shape index (κ3) is 2.52. The molecule has 1 saturated heterocycles. The van der Waals surface area contributed by atoms with Gasteiger partial charge in [0.25, 0.3) is 0 Å². The quantitative estimate of drug-likeness (QED) is 0.833. The minimum absolute atomic E-state index is 0. The van der Waals surface area contributed by atoms with E-state index < -0.39 is 17.3 Å². The molecule has 1 fully saturated rings. The third-order valence-corrected chi connectivity index (χ3v) is 3.03. The van der Waals surface area contributed by atoms with E-state index in [4.69, 9.17) is 17.3 Å². The van der Waals surface area contributed by atoms with Crippen molar-refractivity contribution in [3.8, 4) is 0 Å². The molecule has 2 rings (SSSR count). The number of nitrogens with one attached hydrogen (secondary N) is 1. The van der Waals surface area contributed by atoms with Crippen molar-refractivity contribution in [2.24, 2.45) is 5.73 Å². The summed E-state index contributed by atoms with van der Waals surface area (Å²) >= 11 is 5.61. The molecular formula is C10H11Cl2F3N2.